The van der Waals surface area contributed by atoms with Gasteiger partial charge in [0.2, 0.25) is 21.8 Å². The van der Waals surface area contributed by atoms with Gasteiger partial charge < -0.3 is 10.2 Å². The predicted molar refractivity (Wildman–Crippen MR) is 166 cm³/mol. The molecule has 2 amide bonds. The first kappa shape index (κ1) is 31.9. The number of carbonyl (C=O) groups excluding carboxylic acids is 2. The van der Waals surface area contributed by atoms with Crippen LogP contribution in [0.4, 0.5) is 5.69 Å². The van der Waals surface area contributed by atoms with Crippen LogP contribution >= 0.6 is 0 Å². The van der Waals surface area contributed by atoms with E-state index in [9.17, 15) is 18.0 Å². The first-order valence-corrected chi connectivity index (χ1v) is 16.1. The maximum Gasteiger partial charge on any atom is 0.243 e. The highest BCUT2D eigenvalue weighted by molar-refractivity contribution is 7.92. The van der Waals surface area contributed by atoms with Crippen molar-refractivity contribution in [1.82, 2.24) is 10.2 Å². The van der Waals surface area contributed by atoms with Crippen molar-refractivity contribution in [1.29, 1.82) is 0 Å². The van der Waals surface area contributed by atoms with Gasteiger partial charge in [0.1, 0.15) is 6.04 Å². The molecule has 1 N–H and O–H groups in total. The summed E-state index contributed by atoms with van der Waals surface area (Å²) in [5, 5.41) is 3.00. The minimum Gasteiger partial charge on any atom is -0.354 e. The minimum atomic E-state index is -3.57. The van der Waals surface area contributed by atoms with Gasteiger partial charge >= 0.3 is 0 Å². The van der Waals surface area contributed by atoms with E-state index in [-0.39, 0.29) is 31.3 Å². The Morgan fingerprint density at radius 2 is 1.59 bits per heavy atom. The number of sulfonamides is 1. The van der Waals surface area contributed by atoms with E-state index >= 15 is 0 Å². The van der Waals surface area contributed by atoms with Crippen molar-refractivity contribution in [2.75, 3.05) is 23.7 Å². The van der Waals surface area contributed by atoms with E-state index in [0.717, 1.165) is 34.2 Å². The van der Waals surface area contributed by atoms with Crippen LogP contribution in [-0.4, -0.2) is 50.5 Å². The second kappa shape index (κ2) is 14.8. The summed E-state index contributed by atoms with van der Waals surface area (Å²) in [6, 6.07) is 22.6. The second-order valence-electron chi connectivity index (χ2n) is 10.7. The molecule has 0 unspecified atom stereocenters. The second-order valence-corrected chi connectivity index (χ2v) is 12.6. The summed E-state index contributed by atoms with van der Waals surface area (Å²) in [6.45, 7) is 8.77. The van der Waals surface area contributed by atoms with Gasteiger partial charge in [-0.25, -0.2) is 8.42 Å². The lowest BCUT2D eigenvalue weighted by molar-refractivity contribution is -0.141. The Hall–Kier alpha value is -3.65. The molecule has 220 valence electrons. The molecular formula is C33H43N3O4S. The quantitative estimate of drug-likeness (QED) is 0.281. The zero-order valence-corrected chi connectivity index (χ0v) is 25.7. The molecule has 3 aromatic rings. The van der Waals surface area contributed by atoms with E-state index in [2.05, 4.69) is 5.32 Å². The Balaban J connectivity index is 1.90. The molecule has 41 heavy (non-hydrogen) atoms. The number of carbonyl (C=O) groups is 2. The third-order valence-corrected chi connectivity index (χ3v) is 8.39. The van der Waals surface area contributed by atoms with Crippen LogP contribution in [0.25, 0.3) is 0 Å². The van der Waals surface area contributed by atoms with Crippen molar-refractivity contribution in [3.05, 3.63) is 101 Å². The van der Waals surface area contributed by atoms with Crippen LogP contribution in [0.5, 0.6) is 0 Å². The molecule has 0 aliphatic heterocycles. The minimum absolute atomic E-state index is 0.106. The van der Waals surface area contributed by atoms with Crippen LogP contribution in [-0.2, 0) is 32.6 Å². The van der Waals surface area contributed by atoms with Gasteiger partial charge in [0.15, 0.2) is 0 Å². The fraction of sp³-hybridized carbons (Fsp3) is 0.394. The summed E-state index contributed by atoms with van der Waals surface area (Å²) < 4.78 is 26.9. The summed E-state index contributed by atoms with van der Waals surface area (Å²) in [5.74, 6) is -0.374. The smallest absolute Gasteiger partial charge is 0.243 e. The number of anilines is 1. The zero-order valence-electron chi connectivity index (χ0n) is 24.9. The topological polar surface area (TPSA) is 86.8 Å². The van der Waals surface area contributed by atoms with Crippen molar-refractivity contribution in [3.63, 3.8) is 0 Å². The summed E-state index contributed by atoms with van der Waals surface area (Å²) in [5.41, 5.74) is 5.40. The number of benzene rings is 3. The first-order chi connectivity index (χ1) is 19.5. The van der Waals surface area contributed by atoms with E-state index in [1.54, 1.807) is 4.90 Å². The Kier molecular flexibility index (Phi) is 11.5. The van der Waals surface area contributed by atoms with Crippen molar-refractivity contribution in [3.8, 4) is 0 Å². The van der Waals surface area contributed by atoms with Crippen LogP contribution < -0.4 is 9.62 Å². The van der Waals surface area contributed by atoms with Crippen LogP contribution in [0.15, 0.2) is 72.8 Å². The molecule has 0 aromatic heterocycles. The molecule has 3 aromatic carbocycles. The Bertz CT molecular complexity index is 1420. The Morgan fingerprint density at radius 3 is 2.24 bits per heavy atom. The van der Waals surface area contributed by atoms with E-state index in [1.165, 1.54) is 10.6 Å². The third-order valence-electron chi connectivity index (χ3n) is 7.21. The van der Waals surface area contributed by atoms with Crippen molar-refractivity contribution >= 4 is 27.5 Å². The highest BCUT2D eigenvalue weighted by Crippen LogP contribution is 2.25. The third kappa shape index (κ3) is 9.18. The molecule has 0 saturated carbocycles. The van der Waals surface area contributed by atoms with Gasteiger partial charge in [0.25, 0.3) is 0 Å². The van der Waals surface area contributed by atoms with Crippen LogP contribution in [0.1, 0.15) is 54.0 Å². The predicted octanol–water partition coefficient (Wildman–Crippen LogP) is 5.32. The lowest BCUT2D eigenvalue weighted by Gasteiger charge is -2.32. The zero-order chi connectivity index (χ0) is 30.0. The number of hydrogen-bond donors (Lipinski definition) is 1. The average Bonchev–Trinajstić information content (AvgIpc) is 2.94. The number of aryl methyl sites for hydroxylation is 3. The Morgan fingerprint density at radius 1 is 0.902 bits per heavy atom. The number of rotatable bonds is 14. The van der Waals surface area contributed by atoms with Gasteiger partial charge in [-0.2, -0.15) is 0 Å². The molecular weight excluding hydrogens is 534 g/mol. The highest BCUT2D eigenvalue weighted by atomic mass is 32.2. The molecule has 3 rings (SSSR count). The molecule has 0 bridgehead atoms. The maximum atomic E-state index is 13.9. The highest BCUT2D eigenvalue weighted by Gasteiger charge is 2.30. The van der Waals surface area contributed by atoms with Crippen molar-refractivity contribution in [2.24, 2.45) is 0 Å². The van der Waals surface area contributed by atoms with E-state index < -0.39 is 16.1 Å². The molecule has 1 atom stereocenters. The SMILES string of the molecule is CCCNC(=O)[C@H](Cc1ccccc1)N(Cc1ccccc1C)C(=O)CCCN(c1cc(C)ccc1C)S(C)(=O)=O. The van der Waals surface area contributed by atoms with Gasteiger partial charge in [-0.15, -0.1) is 0 Å². The number of amides is 2. The molecule has 7 nitrogen and oxygen atoms in total. The molecule has 0 fully saturated rings. The summed E-state index contributed by atoms with van der Waals surface area (Å²) >= 11 is 0. The van der Waals surface area contributed by atoms with Gasteiger partial charge in [-0.3, -0.25) is 13.9 Å². The lowest BCUT2D eigenvalue weighted by atomic mass is 10.0. The first-order valence-electron chi connectivity index (χ1n) is 14.2. The number of hydrogen-bond acceptors (Lipinski definition) is 4. The van der Waals surface area contributed by atoms with Gasteiger partial charge in [0, 0.05) is 32.5 Å². The van der Waals surface area contributed by atoms with E-state index in [4.69, 9.17) is 0 Å². The summed E-state index contributed by atoms with van der Waals surface area (Å²) in [4.78, 5) is 29.1. The normalized spacial score (nSPS) is 12.0. The summed E-state index contributed by atoms with van der Waals surface area (Å²) in [6.07, 6.45) is 2.78. The largest absolute Gasteiger partial charge is 0.354 e. The van der Waals surface area contributed by atoms with E-state index in [1.807, 2.05) is 100 Å². The van der Waals surface area contributed by atoms with Crippen LogP contribution in [0.3, 0.4) is 0 Å². The van der Waals surface area contributed by atoms with Crippen molar-refractivity contribution in [2.45, 2.75) is 66.0 Å². The van der Waals surface area contributed by atoms with Crippen LogP contribution in [0, 0.1) is 20.8 Å². The number of nitrogens with zero attached hydrogens (tertiary/aromatic N) is 2. The lowest BCUT2D eigenvalue weighted by Crippen LogP contribution is -2.50. The fourth-order valence-corrected chi connectivity index (χ4v) is 5.88. The molecule has 0 spiro atoms. The molecule has 0 saturated heterocycles. The number of nitrogens with one attached hydrogen (secondary N) is 1. The molecule has 0 aliphatic rings. The van der Waals surface area contributed by atoms with Gasteiger partial charge in [-0.05, 0) is 67.5 Å². The summed E-state index contributed by atoms with van der Waals surface area (Å²) in [7, 11) is -3.57. The molecule has 0 radical (unpaired) electrons. The maximum absolute atomic E-state index is 13.9. The molecule has 8 heteroatoms. The molecule has 0 heterocycles. The Labute approximate surface area is 245 Å². The molecule has 0 aliphatic carbocycles. The standard InChI is InChI=1S/C33H43N3O4S/c1-6-20-34-33(38)31(23-28-14-8-7-9-15-28)35(24-29-16-11-10-13-26(29)3)32(37)17-12-21-36(41(5,39)40)30-22-25(2)18-19-27(30)4/h7-11,13-16,18-19,22,31H,6,12,17,20-21,23-24H2,1-5H3,(H,34,38)/t31-/m0/s1. The fourth-order valence-electron chi connectivity index (χ4n) is 4.86. The van der Waals surface area contributed by atoms with E-state index in [0.29, 0.717) is 25.1 Å². The average molecular weight is 578 g/mol. The van der Waals surface area contributed by atoms with Crippen LogP contribution in [0.2, 0.25) is 0 Å². The monoisotopic (exact) mass is 577 g/mol. The van der Waals surface area contributed by atoms with Gasteiger partial charge in [-0.1, -0.05) is 73.7 Å². The van der Waals surface area contributed by atoms with Crippen molar-refractivity contribution < 1.29 is 18.0 Å². The van der Waals surface area contributed by atoms with Gasteiger partial charge in [0.05, 0.1) is 11.9 Å².